The molecule has 0 unspecified atom stereocenters. The maximum atomic E-state index is 2.45. The van der Waals surface area contributed by atoms with Crippen LogP contribution in [-0.2, 0) is 0 Å². The van der Waals surface area contributed by atoms with E-state index in [1.54, 1.807) is 10.4 Å². The van der Waals surface area contributed by atoms with Crippen LogP contribution in [0.4, 0.5) is 0 Å². The van der Waals surface area contributed by atoms with E-state index in [1.165, 1.54) is 10.4 Å². The molecule has 90 valence electrons. The molecule has 3 rings (SSSR count). The average Bonchev–Trinajstić information content (AvgIpc) is 2.97. The second-order valence-electron chi connectivity index (χ2n) is 5.13. The minimum Gasteiger partial charge on any atom is -0.145 e. The summed E-state index contributed by atoms with van der Waals surface area (Å²) in [6.45, 7) is 4.90. The van der Waals surface area contributed by atoms with Crippen molar-refractivity contribution in [3.63, 3.8) is 0 Å². The zero-order valence-electron chi connectivity index (χ0n) is 10.7. The molecule has 2 heterocycles. The van der Waals surface area contributed by atoms with Crippen LogP contribution in [0.1, 0.15) is 10.4 Å². The molecule has 0 saturated heterocycles. The van der Waals surface area contributed by atoms with Gasteiger partial charge >= 0.3 is 0 Å². The number of hydrogen-bond acceptors (Lipinski definition) is 1. The van der Waals surface area contributed by atoms with E-state index in [1.807, 2.05) is 11.3 Å². The van der Waals surface area contributed by atoms with Crippen LogP contribution in [0.3, 0.4) is 0 Å². The molecule has 0 spiro atoms. The van der Waals surface area contributed by atoms with Crippen LogP contribution in [0.5, 0.6) is 0 Å². The largest absolute Gasteiger partial charge is 0.145 e. The van der Waals surface area contributed by atoms with E-state index in [9.17, 15) is 0 Å². The van der Waals surface area contributed by atoms with Gasteiger partial charge in [-0.05, 0) is 27.4 Å². The van der Waals surface area contributed by atoms with E-state index in [0.717, 1.165) is 0 Å². The Kier molecular flexibility index (Phi) is 2.84. The Morgan fingerprint density at radius 3 is 2.22 bits per heavy atom. The van der Waals surface area contributed by atoms with Crippen LogP contribution in [0.2, 0.25) is 13.1 Å². The van der Waals surface area contributed by atoms with Crippen molar-refractivity contribution >= 4 is 29.8 Å². The quantitative estimate of drug-likeness (QED) is 0.671. The number of allylic oxidation sites excluding steroid dienone is 2. The van der Waals surface area contributed by atoms with Gasteiger partial charge in [0.25, 0.3) is 0 Å². The van der Waals surface area contributed by atoms with E-state index in [2.05, 4.69) is 73.1 Å². The van der Waals surface area contributed by atoms with Gasteiger partial charge in [0, 0.05) is 4.88 Å². The predicted molar refractivity (Wildman–Crippen MR) is 84.2 cm³/mol. The first-order chi connectivity index (χ1) is 8.69. The molecule has 0 bridgehead atoms. The van der Waals surface area contributed by atoms with Crippen molar-refractivity contribution in [1.82, 2.24) is 0 Å². The fraction of sp³-hybridized carbons (Fsp3) is 0.125. The monoisotopic (exact) mass is 268 g/mol. The van der Waals surface area contributed by atoms with Crippen molar-refractivity contribution in [1.29, 1.82) is 0 Å². The van der Waals surface area contributed by atoms with Gasteiger partial charge in [-0.2, -0.15) is 0 Å². The van der Waals surface area contributed by atoms with Crippen LogP contribution in [-0.4, -0.2) is 8.07 Å². The average molecular weight is 268 g/mol. The Morgan fingerprint density at radius 2 is 1.56 bits per heavy atom. The van der Waals surface area contributed by atoms with E-state index in [4.69, 9.17) is 0 Å². The molecule has 0 amide bonds. The molecule has 1 aliphatic rings. The highest BCUT2D eigenvalue weighted by molar-refractivity contribution is 7.17. The van der Waals surface area contributed by atoms with E-state index in [0.29, 0.717) is 0 Å². The molecule has 0 radical (unpaired) electrons. The molecule has 2 aromatic rings. The summed E-state index contributed by atoms with van der Waals surface area (Å²) in [5.74, 6) is 0. The fourth-order valence-electron chi connectivity index (χ4n) is 2.63. The van der Waals surface area contributed by atoms with Crippen molar-refractivity contribution in [3.05, 3.63) is 70.4 Å². The molecule has 1 aromatic carbocycles. The van der Waals surface area contributed by atoms with Gasteiger partial charge in [0.15, 0.2) is 0 Å². The van der Waals surface area contributed by atoms with Gasteiger partial charge < -0.3 is 0 Å². The standard InChI is InChI=1S/C16H16SSi/c1-18(2)15(13-7-4-3-5-8-13)10-11-16(18)14-9-6-12-17-14/h3-12H,1-2H3. The maximum absolute atomic E-state index is 2.45. The third kappa shape index (κ3) is 1.82. The zero-order chi connectivity index (χ0) is 12.6. The van der Waals surface area contributed by atoms with Gasteiger partial charge in [-0.25, -0.2) is 0 Å². The number of rotatable bonds is 2. The van der Waals surface area contributed by atoms with Crippen LogP contribution >= 0.6 is 11.3 Å². The molecule has 0 aliphatic carbocycles. The third-order valence-electron chi connectivity index (χ3n) is 3.63. The van der Waals surface area contributed by atoms with Gasteiger partial charge in [-0.15, -0.1) is 11.3 Å². The third-order valence-corrected chi connectivity index (χ3v) is 8.30. The summed E-state index contributed by atoms with van der Waals surface area (Å²) in [5.41, 5.74) is 1.39. The lowest BCUT2D eigenvalue weighted by atomic mass is 10.2. The first kappa shape index (κ1) is 11.7. The molecule has 0 atom stereocenters. The van der Waals surface area contributed by atoms with Gasteiger partial charge in [0.1, 0.15) is 8.07 Å². The lowest BCUT2D eigenvalue weighted by Crippen LogP contribution is -2.27. The lowest BCUT2D eigenvalue weighted by Gasteiger charge is -2.24. The SMILES string of the molecule is C[Si]1(C)C(c2ccccc2)=CC=C1c1cccs1. The van der Waals surface area contributed by atoms with Crippen LogP contribution in [0, 0.1) is 0 Å². The molecule has 1 aromatic heterocycles. The lowest BCUT2D eigenvalue weighted by molar-refractivity contribution is 1.63. The molecule has 2 heteroatoms. The number of benzene rings is 1. The molecule has 0 nitrogen and oxygen atoms in total. The zero-order valence-corrected chi connectivity index (χ0v) is 12.5. The summed E-state index contributed by atoms with van der Waals surface area (Å²) in [5, 5.41) is 5.28. The Morgan fingerprint density at radius 1 is 0.833 bits per heavy atom. The number of hydrogen-bond donors (Lipinski definition) is 0. The summed E-state index contributed by atoms with van der Waals surface area (Å²) in [4.78, 5) is 1.44. The van der Waals surface area contributed by atoms with E-state index in [-0.39, 0.29) is 0 Å². The highest BCUT2D eigenvalue weighted by Crippen LogP contribution is 2.42. The van der Waals surface area contributed by atoms with Crippen LogP contribution < -0.4 is 0 Å². The van der Waals surface area contributed by atoms with Gasteiger partial charge in [-0.1, -0.05) is 61.6 Å². The second-order valence-corrected chi connectivity index (χ2v) is 10.4. The first-order valence-corrected chi connectivity index (χ1v) is 10.1. The normalized spacial score (nSPS) is 17.4. The predicted octanol–water partition coefficient (Wildman–Crippen LogP) is 5.02. The summed E-state index contributed by atoms with van der Waals surface area (Å²) >= 11 is 1.85. The van der Waals surface area contributed by atoms with Crippen molar-refractivity contribution in [2.75, 3.05) is 0 Å². The minimum atomic E-state index is -1.51. The van der Waals surface area contributed by atoms with Crippen molar-refractivity contribution in [2.45, 2.75) is 13.1 Å². The summed E-state index contributed by atoms with van der Waals surface area (Å²) < 4.78 is 0. The van der Waals surface area contributed by atoms with Crippen LogP contribution in [0.25, 0.3) is 10.4 Å². The number of thiophene rings is 1. The van der Waals surface area contributed by atoms with E-state index < -0.39 is 8.07 Å². The molecule has 0 N–H and O–H groups in total. The highest BCUT2D eigenvalue weighted by atomic mass is 32.1. The van der Waals surface area contributed by atoms with Gasteiger partial charge in [-0.3, -0.25) is 0 Å². The summed E-state index contributed by atoms with van der Waals surface area (Å²) in [6.07, 6.45) is 4.66. The molecule has 18 heavy (non-hydrogen) atoms. The smallest absolute Gasteiger partial charge is 0.114 e. The minimum absolute atomic E-state index is 1.39. The topological polar surface area (TPSA) is 0 Å². The summed E-state index contributed by atoms with van der Waals surface area (Å²) in [6, 6.07) is 15.2. The van der Waals surface area contributed by atoms with Crippen LogP contribution in [0.15, 0.2) is 60.0 Å². The highest BCUT2D eigenvalue weighted by Gasteiger charge is 2.35. The second kappa shape index (κ2) is 4.37. The van der Waals surface area contributed by atoms with Gasteiger partial charge in [0.05, 0.1) is 0 Å². The molecule has 0 fully saturated rings. The Labute approximate surface area is 113 Å². The first-order valence-electron chi connectivity index (χ1n) is 6.22. The summed E-state index contributed by atoms with van der Waals surface area (Å²) in [7, 11) is -1.51. The Balaban J connectivity index is 2.00. The molecular weight excluding hydrogens is 252 g/mol. The maximum Gasteiger partial charge on any atom is 0.114 e. The van der Waals surface area contributed by atoms with E-state index >= 15 is 0 Å². The molecule has 1 aliphatic heterocycles. The fourth-order valence-corrected chi connectivity index (χ4v) is 7.10. The molecular formula is C16H16SSi. The van der Waals surface area contributed by atoms with Crippen molar-refractivity contribution in [3.8, 4) is 0 Å². The Bertz CT molecular complexity index is 604. The Hall–Kier alpha value is -1.38. The molecule has 0 saturated carbocycles. The van der Waals surface area contributed by atoms with Gasteiger partial charge in [0.2, 0.25) is 0 Å². The van der Waals surface area contributed by atoms with Crippen molar-refractivity contribution < 1.29 is 0 Å². The van der Waals surface area contributed by atoms with Crippen molar-refractivity contribution in [2.24, 2.45) is 0 Å².